The lowest BCUT2D eigenvalue weighted by Gasteiger charge is -2.22. The monoisotopic (exact) mass is 378 g/mol. The van der Waals surface area contributed by atoms with Gasteiger partial charge in [0.15, 0.2) is 0 Å². The fourth-order valence-corrected chi connectivity index (χ4v) is 3.04. The third-order valence-electron chi connectivity index (χ3n) is 4.45. The smallest absolute Gasteiger partial charge is 0.354 e. The number of nitrogens with zero attached hydrogens (tertiary/aromatic N) is 1. The number of halogens is 3. The molecule has 8 heteroatoms. The van der Waals surface area contributed by atoms with Crippen LogP contribution in [-0.2, 0) is 6.18 Å². The number of benzene rings is 1. The quantitative estimate of drug-likeness (QED) is 0.676. The van der Waals surface area contributed by atoms with Gasteiger partial charge in [-0.15, -0.1) is 0 Å². The van der Waals surface area contributed by atoms with Crippen molar-refractivity contribution in [3.05, 3.63) is 48.2 Å². The first-order valence-corrected chi connectivity index (χ1v) is 8.88. The number of hydrogen-bond donors (Lipinski definition) is 3. The van der Waals surface area contributed by atoms with Crippen molar-refractivity contribution in [1.82, 2.24) is 10.3 Å². The van der Waals surface area contributed by atoms with Crippen molar-refractivity contribution in [2.75, 3.05) is 10.6 Å². The number of aromatic nitrogens is 1. The second kappa shape index (κ2) is 8.28. The number of anilines is 3. The van der Waals surface area contributed by atoms with E-state index in [9.17, 15) is 18.0 Å². The fraction of sp³-hybridized carbons (Fsp3) is 0.368. The summed E-state index contributed by atoms with van der Waals surface area (Å²) in [4.78, 5) is 16.2. The molecule has 2 aromatic rings. The molecule has 0 unspecified atom stereocenters. The van der Waals surface area contributed by atoms with Gasteiger partial charge in [-0.3, -0.25) is 5.32 Å². The molecule has 5 nitrogen and oxygen atoms in total. The van der Waals surface area contributed by atoms with Gasteiger partial charge in [0, 0.05) is 11.7 Å². The van der Waals surface area contributed by atoms with Crippen LogP contribution in [-0.4, -0.2) is 17.1 Å². The first-order valence-electron chi connectivity index (χ1n) is 8.88. The zero-order valence-electron chi connectivity index (χ0n) is 14.6. The average molecular weight is 378 g/mol. The molecule has 0 bridgehead atoms. The Hall–Kier alpha value is -2.77. The highest BCUT2D eigenvalue weighted by Gasteiger charge is 2.29. The van der Waals surface area contributed by atoms with Crippen LogP contribution in [0, 0.1) is 0 Å². The molecule has 1 heterocycles. The summed E-state index contributed by atoms with van der Waals surface area (Å²) in [7, 11) is 0. The Morgan fingerprint density at radius 1 is 0.963 bits per heavy atom. The molecule has 0 saturated heterocycles. The summed E-state index contributed by atoms with van der Waals surface area (Å²) in [5.41, 5.74) is 0.420. The molecule has 0 radical (unpaired) electrons. The van der Waals surface area contributed by atoms with E-state index in [1.54, 1.807) is 12.1 Å². The molecule has 1 aliphatic carbocycles. The Bertz CT molecular complexity index is 754. The molecule has 1 aromatic carbocycles. The Kier molecular flexibility index (Phi) is 5.83. The van der Waals surface area contributed by atoms with Crippen molar-refractivity contribution in [3.63, 3.8) is 0 Å². The lowest BCUT2D eigenvalue weighted by molar-refractivity contribution is -0.137. The Morgan fingerprint density at radius 2 is 1.63 bits per heavy atom. The van der Waals surface area contributed by atoms with Crippen molar-refractivity contribution >= 4 is 23.2 Å². The minimum absolute atomic E-state index is 0.208. The minimum atomic E-state index is -4.36. The summed E-state index contributed by atoms with van der Waals surface area (Å²) in [6.07, 6.45) is 2.63. The number of nitrogens with one attached hydrogen (secondary N) is 3. The molecule has 0 spiro atoms. The second-order valence-corrected chi connectivity index (χ2v) is 6.57. The van der Waals surface area contributed by atoms with Crippen LogP contribution in [0.1, 0.15) is 37.7 Å². The van der Waals surface area contributed by atoms with Gasteiger partial charge in [-0.05, 0) is 49.2 Å². The molecule has 0 aliphatic heterocycles. The molecule has 1 saturated carbocycles. The van der Waals surface area contributed by atoms with Crippen molar-refractivity contribution in [2.24, 2.45) is 0 Å². The second-order valence-electron chi connectivity index (χ2n) is 6.57. The molecule has 27 heavy (non-hydrogen) atoms. The number of carbonyl (C=O) groups excluding carboxylic acids is 1. The maximum absolute atomic E-state index is 12.6. The van der Waals surface area contributed by atoms with E-state index in [0.717, 1.165) is 37.8 Å². The number of alkyl halides is 3. The highest BCUT2D eigenvalue weighted by Crippen LogP contribution is 2.30. The number of carbonyl (C=O) groups is 1. The van der Waals surface area contributed by atoms with Gasteiger partial charge in [-0.1, -0.05) is 19.3 Å². The highest BCUT2D eigenvalue weighted by molar-refractivity contribution is 5.88. The lowest BCUT2D eigenvalue weighted by Crippen LogP contribution is -2.39. The van der Waals surface area contributed by atoms with Crippen LogP contribution in [0.4, 0.5) is 35.2 Å². The predicted octanol–water partition coefficient (Wildman–Crippen LogP) is 5.30. The van der Waals surface area contributed by atoms with E-state index in [1.807, 2.05) is 0 Å². The number of hydrogen-bond acceptors (Lipinski definition) is 3. The van der Waals surface area contributed by atoms with Gasteiger partial charge in [0.05, 0.1) is 17.4 Å². The molecule has 1 aliphatic rings. The Morgan fingerprint density at radius 3 is 2.22 bits per heavy atom. The van der Waals surface area contributed by atoms with E-state index in [-0.39, 0.29) is 12.1 Å². The highest BCUT2D eigenvalue weighted by atomic mass is 19.4. The molecular formula is C19H21F3N4O. The fourth-order valence-electron chi connectivity index (χ4n) is 3.04. The number of urea groups is 1. The summed E-state index contributed by atoms with van der Waals surface area (Å²) in [5.74, 6) is 0.404. The van der Waals surface area contributed by atoms with Crippen molar-refractivity contribution < 1.29 is 18.0 Å². The van der Waals surface area contributed by atoms with Crippen LogP contribution < -0.4 is 16.0 Å². The SMILES string of the molecule is O=C(Nc1ccc(Nc2ccc(C(F)(F)F)cc2)cn1)NC1CCCCC1. The van der Waals surface area contributed by atoms with E-state index < -0.39 is 11.7 Å². The number of amides is 2. The molecule has 1 aromatic heterocycles. The summed E-state index contributed by atoms with van der Waals surface area (Å²) < 4.78 is 37.7. The van der Waals surface area contributed by atoms with Crippen LogP contribution in [0.5, 0.6) is 0 Å². The predicted molar refractivity (Wildman–Crippen MR) is 98.0 cm³/mol. The maximum Gasteiger partial charge on any atom is 0.416 e. The van der Waals surface area contributed by atoms with Crippen molar-refractivity contribution in [3.8, 4) is 0 Å². The standard InChI is InChI=1S/C19H21F3N4O/c20-19(21,22)13-6-8-15(9-7-13)24-16-10-11-17(23-12-16)26-18(27)25-14-4-2-1-3-5-14/h6-12,14,24H,1-5H2,(H2,23,25,26,27). The zero-order chi connectivity index (χ0) is 19.3. The van der Waals surface area contributed by atoms with E-state index in [2.05, 4.69) is 20.9 Å². The van der Waals surface area contributed by atoms with Gasteiger partial charge in [0.25, 0.3) is 0 Å². The van der Waals surface area contributed by atoms with Gasteiger partial charge in [0.1, 0.15) is 5.82 Å². The van der Waals surface area contributed by atoms with Crippen LogP contribution in [0.3, 0.4) is 0 Å². The molecule has 3 N–H and O–H groups in total. The van der Waals surface area contributed by atoms with E-state index in [1.165, 1.54) is 24.8 Å². The largest absolute Gasteiger partial charge is 0.416 e. The van der Waals surface area contributed by atoms with E-state index in [0.29, 0.717) is 17.2 Å². The van der Waals surface area contributed by atoms with Crippen LogP contribution in [0.25, 0.3) is 0 Å². The first-order chi connectivity index (χ1) is 12.9. The third kappa shape index (κ3) is 5.60. The molecule has 3 rings (SSSR count). The Labute approximate surface area is 155 Å². The normalized spacial score (nSPS) is 15.2. The van der Waals surface area contributed by atoms with Crippen molar-refractivity contribution in [2.45, 2.75) is 44.3 Å². The van der Waals surface area contributed by atoms with Crippen LogP contribution in [0.2, 0.25) is 0 Å². The molecule has 0 atom stereocenters. The average Bonchev–Trinajstić information content (AvgIpc) is 2.64. The molecule has 1 fully saturated rings. The van der Waals surface area contributed by atoms with Gasteiger partial charge < -0.3 is 10.6 Å². The zero-order valence-corrected chi connectivity index (χ0v) is 14.6. The summed E-state index contributed by atoms with van der Waals surface area (Å²) in [5, 5.41) is 8.60. The first kappa shape index (κ1) is 19.0. The third-order valence-corrected chi connectivity index (χ3v) is 4.45. The molecular weight excluding hydrogens is 357 g/mol. The van der Waals surface area contributed by atoms with Crippen molar-refractivity contribution in [1.29, 1.82) is 0 Å². The van der Waals surface area contributed by atoms with E-state index >= 15 is 0 Å². The number of pyridine rings is 1. The van der Waals surface area contributed by atoms with Crippen LogP contribution >= 0.6 is 0 Å². The summed E-state index contributed by atoms with van der Waals surface area (Å²) in [6, 6.07) is 7.99. The minimum Gasteiger partial charge on any atom is -0.354 e. The van der Waals surface area contributed by atoms with E-state index in [4.69, 9.17) is 0 Å². The van der Waals surface area contributed by atoms with Gasteiger partial charge in [0.2, 0.25) is 0 Å². The molecule has 2 amide bonds. The topological polar surface area (TPSA) is 66.0 Å². The maximum atomic E-state index is 12.6. The molecule has 144 valence electrons. The lowest BCUT2D eigenvalue weighted by atomic mass is 9.96. The van der Waals surface area contributed by atoms with Crippen LogP contribution in [0.15, 0.2) is 42.6 Å². The number of rotatable bonds is 4. The Balaban J connectivity index is 1.53. The van der Waals surface area contributed by atoms with Gasteiger partial charge in [-0.2, -0.15) is 13.2 Å². The van der Waals surface area contributed by atoms with Gasteiger partial charge in [-0.25, -0.2) is 9.78 Å². The van der Waals surface area contributed by atoms with Gasteiger partial charge >= 0.3 is 12.2 Å². The summed E-state index contributed by atoms with van der Waals surface area (Å²) >= 11 is 0. The summed E-state index contributed by atoms with van der Waals surface area (Å²) in [6.45, 7) is 0.